The van der Waals surface area contributed by atoms with E-state index in [4.69, 9.17) is 0 Å². The number of aliphatic hydroxyl groups is 1. The molecule has 0 aromatic carbocycles. The summed E-state index contributed by atoms with van der Waals surface area (Å²) in [4.78, 5) is 18.0. The molecule has 0 radical (unpaired) electrons. The van der Waals surface area contributed by atoms with Gasteiger partial charge in [-0.2, -0.15) is 0 Å². The zero-order valence-electron chi connectivity index (χ0n) is 13.6. The number of aryl methyl sites for hydroxylation is 1. The highest BCUT2D eigenvalue weighted by atomic mass is 16.3. The van der Waals surface area contributed by atoms with Gasteiger partial charge in [0.15, 0.2) is 0 Å². The fourth-order valence-electron chi connectivity index (χ4n) is 2.93. The summed E-state index contributed by atoms with van der Waals surface area (Å²) in [5.74, 6) is 0.214. The first-order chi connectivity index (χ1) is 10.6. The van der Waals surface area contributed by atoms with Crippen molar-refractivity contribution in [1.29, 1.82) is 0 Å². The molecule has 5 heteroatoms. The van der Waals surface area contributed by atoms with Gasteiger partial charge in [0.05, 0.1) is 6.10 Å². The lowest BCUT2D eigenvalue weighted by Crippen LogP contribution is -2.43. The van der Waals surface area contributed by atoms with Gasteiger partial charge in [-0.05, 0) is 37.8 Å². The van der Waals surface area contributed by atoms with Crippen molar-refractivity contribution in [2.24, 2.45) is 5.92 Å². The predicted octanol–water partition coefficient (Wildman–Crippen LogP) is 2.13. The monoisotopic (exact) mass is 305 g/mol. The predicted molar refractivity (Wildman–Crippen MR) is 86.7 cm³/mol. The van der Waals surface area contributed by atoms with Gasteiger partial charge in [-0.1, -0.05) is 18.9 Å². The topological polar surface area (TPSA) is 65.5 Å². The Labute approximate surface area is 132 Å². The van der Waals surface area contributed by atoms with Crippen molar-refractivity contribution >= 4 is 6.03 Å². The lowest BCUT2D eigenvalue weighted by Gasteiger charge is -2.31. The molecule has 1 aliphatic rings. The molecule has 0 saturated heterocycles. The van der Waals surface area contributed by atoms with Gasteiger partial charge in [-0.3, -0.25) is 4.98 Å². The smallest absolute Gasteiger partial charge is 0.317 e. The third kappa shape index (κ3) is 4.98. The van der Waals surface area contributed by atoms with Crippen molar-refractivity contribution in [3.8, 4) is 0 Å². The molecule has 0 spiro atoms. The Morgan fingerprint density at radius 1 is 1.41 bits per heavy atom. The third-order valence-electron chi connectivity index (χ3n) is 4.39. The van der Waals surface area contributed by atoms with E-state index in [0.29, 0.717) is 13.1 Å². The molecule has 5 nitrogen and oxygen atoms in total. The summed E-state index contributed by atoms with van der Waals surface area (Å²) < 4.78 is 0. The molecule has 0 bridgehead atoms. The SMILES string of the molecule is Cc1ccc(CCNC(=O)N(C)CC2CCCCC2O)cn1. The number of hydrogen-bond donors (Lipinski definition) is 2. The molecule has 1 fully saturated rings. The van der Waals surface area contributed by atoms with Crippen LogP contribution in [0.25, 0.3) is 0 Å². The maximum Gasteiger partial charge on any atom is 0.317 e. The molecule has 1 heterocycles. The van der Waals surface area contributed by atoms with Gasteiger partial charge in [-0.25, -0.2) is 4.79 Å². The molecule has 2 rings (SSSR count). The van der Waals surface area contributed by atoms with E-state index >= 15 is 0 Å². The molecule has 1 aliphatic carbocycles. The van der Waals surface area contributed by atoms with Crippen LogP contribution >= 0.6 is 0 Å². The second-order valence-corrected chi connectivity index (χ2v) is 6.28. The number of pyridine rings is 1. The number of carbonyl (C=O) groups is 1. The molecule has 1 saturated carbocycles. The highest BCUT2D eigenvalue weighted by molar-refractivity contribution is 5.73. The van der Waals surface area contributed by atoms with Crippen LogP contribution in [0.4, 0.5) is 4.79 Å². The highest BCUT2D eigenvalue weighted by Gasteiger charge is 2.25. The number of carbonyl (C=O) groups excluding carboxylic acids is 1. The first-order valence-electron chi connectivity index (χ1n) is 8.15. The maximum absolute atomic E-state index is 12.1. The fourth-order valence-corrected chi connectivity index (χ4v) is 2.93. The molecular formula is C17H27N3O2. The number of amides is 2. The summed E-state index contributed by atoms with van der Waals surface area (Å²) in [6, 6.07) is 3.95. The lowest BCUT2D eigenvalue weighted by atomic mass is 9.86. The zero-order chi connectivity index (χ0) is 15.9. The molecule has 22 heavy (non-hydrogen) atoms. The largest absolute Gasteiger partial charge is 0.393 e. The van der Waals surface area contributed by atoms with Gasteiger partial charge in [0, 0.05) is 37.9 Å². The second-order valence-electron chi connectivity index (χ2n) is 6.28. The van der Waals surface area contributed by atoms with Gasteiger partial charge in [-0.15, -0.1) is 0 Å². The summed E-state index contributed by atoms with van der Waals surface area (Å²) in [6.45, 7) is 3.18. The third-order valence-corrected chi connectivity index (χ3v) is 4.39. The summed E-state index contributed by atoms with van der Waals surface area (Å²) in [5, 5.41) is 12.9. The highest BCUT2D eigenvalue weighted by Crippen LogP contribution is 2.24. The van der Waals surface area contributed by atoms with Gasteiger partial charge in [0.2, 0.25) is 0 Å². The number of aliphatic hydroxyl groups excluding tert-OH is 1. The second kappa shape index (κ2) is 8.13. The van der Waals surface area contributed by atoms with Crippen molar-refractivity contribution in [2.45, 2.75) is 45.1 Å². The van der Waals surface area contributed by atoms with Crippen LogP contribution < -0.4 is 5.32 Å². The number of nitrogens with one attached hydrogen (secondary N) is 1. The molecule has 122 valence electrons. The van der Waals surface area contributed by atoms with E-state index in [1.54, 1.807) is 11.9 Å². The van der Waals surface area contributed by atoms with E-state index < -0.39 is 0 Å². The van der Waals surface area contributed by atoms with Crippen molar-refractivity contribution in [3.05, 3.63) is 29.6 Å². The normalized spacial score (nSPS) is 21.4. The average molecular weight is 305 g/mol. The van der Waals surface area contributed by atoms with Crippen LogP contribution in [0.15, 0.2) is 18.3 Å². The Balaban J connectivity index is 1.70. The van der Waals surface area contributed by atoms with Crippen molar-refractivity contribution in [1.82, 2.24) is 15.2 Å². The van der Waals surface area contributed by atoms with E-state index in [1.807, 2.05) is 25.3 Å². The van der Waals surface area contributed by atoms with E-state index in [1.165, 1.54) is 0 Å². The quantitative estimate of drug-likeness (QED) is 0.876. The fraction of sp³-hybridized carbons (Fsp3) is 0.647. The minimum atomic E-state index is -0.261. The average Bonchev–Trinajstić information content (AvgIpc) is 2.51. The van der Waals surface area contributed by atoms with Gasteiger partial charge >= 0.3 is 6.03 Å². The van der Waals surface area contributed by atoms with Crippen LogP contribution in [0.3, 0.4) is 0 Å². The van der Waals surface area contributed by atoms with Crippen molar-refractivity contribution in [2.75, 3.05) is 20.1 Å². The minimum Gasteiger partial charge on any atom is -0.393 e. The van der Waals surface area contributed by atoms with Crippen molar-refractivity contribution < 1.29 is 9.90 Å². The Morgan fingerprint density at radius 3 is 2.86 bits per heavy atom. The van der Waals surface area contributed by atoms with E-state index in [0.717, 1.165) is 43.4 Å². The Morgan fingerprint density at radius 2 is 2.18 bits per heavy atom. The number of urea groups is 1. The number of hydrogen-bond acceptors (Lipinski definition) is 3. The minimum absolute atomic E-state index is 0.0714. The van der Waals surface area contributed by atoms with E-state index in [9.17, 15) is 9.90 Å². The molecule has 1 aromatic heterocycles. The summed E-state index contributed by atoms with van der Waals surface area (Å²) in [5.41, 5.74) is 2.12. The Hall–Kier alpha value is -1.62. The van der Waals surface area contributed by atoms with Crippen LogP contribution in [-0.2, 0) is 6.42 Å². The van der Waals surface area contributed by atoms with Crippen LogP contribution in [0.2, 0.25) is 0 Å². The van der Waals surface area contributed by atoms with Crippen LogP contribution in [0, 0.1) is 12.8 Å². The molecule has 2 unspecified atom stereocenters. The molecule has 2 amide bonds. The molecule has 2 N–H and O–H groups in total. The summed E-state index contributed by atoms with van der Waals surface area (Å²) in [7, 11) is 1.80. The first kappa shape index (κ1) is 16.7. The van der Waals surface area contributed by atoms with Crippen molar-refractivity contribution in [3.63, 3.8) is 0 Å². The number of nitrogens with zero attached hydrogens (tertiary/aromatic N) is 2. The Kier molecular flexibility index (Phi) is 6.19. The zero-order valence-corrected chi connectivity index (χ0v) is 13.6. The van der Waals surface area contributed by atoms with E-state index in [-0.39, 0.29) is 18.1 Å². The summed E-state index contributed by atoms with van der Waals surface area (Å²) in [6.07, 6.45) is 6.48. The van der Waals surface area contributed by atoms with Crippen LogP contribution in [0.1, 0.15) is 36.9 Å². The van der Waals surface area contributed by atoms with Crippen LogP contribution in [-0.4, -0.2) is 47.3 Å². The standard InChI is InChI=1S/C17H27N3O2/c1-13-7-8-14(11-19-13)9-10-18-17(22)20(2)12-15-5-3-4-6-16(15)21/h7-8,11,15-16,21H,3-6,9-10,12H2,1-2H3,(H,18,22). The summed E-state index contributed by atoms with van der Waals surface area (Å²) >= 11 is 0. The number of aromatic nitrogens is 1. The molecule has 0 aliphatic heterocycles. The van der Waals surface area contributed by atoms with Gasteiger partial charge in [0.1, 0.15) is 0 Å². The maximum atomic E-state index is 12.1. The molecule has 1 aromatic rings. The van der Waals surface area contributed by atoms with Gasteiger partial charge in [0.25, 0.3) is 0 Å². The number of rotatable bonds is 5. The molecular weight excluding hydrogens is 278 g/mol. The first-order valence-corrected chi connectivity index (χ1v) is 8.15. The van der Waals surface area contributed by atoms with E-state index in [2.05, 4.69) is 10.3 Å². The van der Waals surface area contributed by atoms with Gasteiger partial charge < -0.3 is 15.3 Å². The Bertz CT molecular complexity index is 475. The molecule has 2 atom stereocenters. The lowest BCUT2D eigenvalue weighted by molar-refractivity contribution is 0.0565. The van der Waals surface area contributed by atoms with Crippen LogP contribution in [0.5, 0.6) is 0 Å².